The van der Waals surface area contributed by atoms with Crippen molar-refractivity contribution < 1.29 is 23.4 Å². The summed E-state index contributed by atoms with van der Waals surface area (Å²) in [6.45, 7) is 0. The van der Waals surface area contributed by atoms with Gasteiger partial charge in [-0.3, -0.25) is 9.97 Å². The molecule has 0 unspecified atom stereocenters. The third-order valence-electron chi connectivity index (χ3n) is 2.67. The van der Waals surface area contributed by atoms with Crippen molar-refractivity contribution in [1.82, 2.24) is 9.97 Å². The molecule has 0 fully saturated rings. The molecule has 0 radical (unpaired) electrons. The molecule has 104 valence electrons. The van der Waals surface area contributed by atoms with Gasteiger partial charge in [-0.25, -0.2) is 13.6 Å². The number of hydrogen-bond donors (Lipinski definition) is 1. The van der Waals surface area contributed by atoms with Crippen molar-refractivity contribution in [1.29, 1.82) is 0 Å². The number of ether oxygens (including phenoxy) is 1. The summed E-state index contributed by atoms with van der Waals surface area (Å²) in [6.07, 6.45) is 0.918. The molecule has 0 saturated carbocycles. The van der Waals surface area contributed by atoms with E-state index in [4.69, 9.17) is 9.84 Å². The molecule has 0 aliphatic rings. The van der Waals surface area contributed by atoms with E-state index in [9.17, 15) is 13.6 Å². The Morgan fingerprint density at radius 3 is 2.70 bits per heavy atom. The molecule has 5 nitrogen and oxygen atoms in total. The highest BCUT2D eigenvalue weighted by Crippen LogP contribution is 2.33. The van der Waals surface area contributed by atoms with Crippen molar-refractivity contribution in [3.63, 3.8) is 0 Å². The van der Waals surface area contributed by atoms with Crippen molar-refractivity contribution in [3.05, 3.63) is 42.0 Å². The molecule has 0 aliphatic heterocycles. The van der Waals surface area contributed by atoms with E-state index >= 15 is 0 Å². The summed E-state index contributed by atoms with van der Waals surface area (Å²) in [7, 11) is 1.35. The fourth-order valence-corrected chi connectivity index (χ4v) is 1.75. The number of aromatic carboxylic acids is 1. The summed E-state index contributed by atoms with van der Waals surface area (Å²) in [5.41, 5.74) is -0.0718. The van der Waals surface area contributed by atoms with E-state index in [0.29, 0.717) is 0 Å². The minimum atomic E-state index is -2.75. The molecule has 7 heteroatoms. The predicted molar refractivity (Wildman–Crippen MR) is 65.9 cm³/mol. The van der Waals surface area contributed by atoms with Gasteiger partial charge in [-0.15, -0.1) is 0 Å². The Kier molecular flexibility index (Phi) is 3.88. The van der Waals surface area contributed by atoms with Crippen LogP contribution in [0.15, 0.2) is 30.7 Å². The van der Waals surface area contributed by atoms with Crippen molar-refractivity contribution in [2.24, 2.45) is 0 Å². The Morgan fingerprint density at radius 2 is 2.10 bits per heavy atom. The first-order chi connectivity index (χ1) is 9.54. The van der Waals surface area contributed by atoms with Gasteiger partial charge in [-0.1, -0.05) is 0 Å². The number of nitrogens with zero attached hydrogens (tertiary/aromatic N) is 2. The number of rotatable bonds is 4. The molecule has 2 aromatic heterocycles. The molecule has 2 rings (SSSR count). The van der Waals surface area contributed by atoms with Crippen LogP contribution in [0.2, 0.25) is 0 Å². The molecule has 1 N–H and O–H groups in total. The summed E-state index contributed by atoms with van der Waals surface area (Å²) in [5.74, 6) is -0.992. The molecule has 0 amide bonds. The van der Waals surface area contributed by atoms with Gasteiger partial charge in [0.2, 0.25) is 0 Å². The third kappa shape index (κ3) is 2.56. The van der Waals surface area contributed by atoms with Crippen LogP contribution in [0.5, 0.6) is 5.75 Å². The van der Waals surface area contributed by atoms with E-state index in [-0.39, 0.29) is 22.4 Å². The molecule has 0 saturated heterocycles. The van der Waals surface area contributed by atoms with Gasteiger partial charge in [0, 0.05) is 23.5 Å². The van der Waals surface area contributed by atoms with Crippen molar-refractivity contribution in [2.75, 3.05) is 7.11 Å². The van der Waals surface area contributed by atoms with Gasteiger partial charge < -0.3 is 9.84 Å². The predicted octanol–water partition coefficient (Wildman–Crippen LogP) is 2.79. The number of carboxylic acids is 1. The lowest BCUT2D eigenvalue weighted by atomic mass is 10.0. The van der Waals surface area contributed by atoms with Crippen LogP contribution in [-0.2, 0) is 0 Å². The van der Waals surface area contributed by atoms with Crippen LogP contribution in [0.3, 0.4) is 0 Å². The fraction of sp³-hybridized carbons (Fsp3) is 0.154. The van der Waals surface area contributed by atoms with Crippen molar-refractivity contribution in [3.8, 4) is 16.9 Å². The molecule has 0 aromatic carbocycles. The van der Waals surface area contributed by atoms with E-state index in [2.05, 4.69) is 9.97 Å². The van der Waals surface area contributed by atoms with Crippen molar-refractivity contribution in [2.45, 2.75) is 6.43 Å². The number of pyridine rings is 2. The minimum Gasteiger partial charge on any atom is -0.494 e. The van der Waals surface area contributed by atoms with Gasteiger partial charge in [-0.05, 0) is 12.1 Å². The Labute approximate surface area is 112 Å². The average molecular weight is 280 g/mol. The molecule has 0 bridgehead atoms. The molecule has 0 spiro atoms. The maximum atomic E-state index is 12.7. The van der Waals surface area contributed by atoms with E-state index in [1.54, 1.807) is 0 Å². The lowest BCUT2D eigenvalue weighted by Gasteiger charge is -2.11. The zero-order valence-electron chi connectivity index (χ0n) is 10.4. The van der Waals surface area contributed by atoms with Crippen molar-refractivity contribution >= 4 is 5.97 Å². The second kappa shape index (κ2) is 5.60. The van der Waals surface area contributed by atoms with Gasteiger partial charge in [0.05, 0.1) is 18.9 Å². The summed E-state index contributed by atoms with van der Waals surface area (Å²) in [4.78, 5) is 18.5. The summed E-state index contributed by atoms with van der Waals surface area (Å²) < 4.78 is 30.5. The van der Waals surface area contributed by atoms with E-state index in [1.807, 2.05) is 0 Å². The van der Waals surface area contributed by atoms with Crippen LogP contribution < -0.4 is 4.74 Å². The van der Waals surface area contributed by atoms with E-state index < -0.39 is 18.1 Å². The highest BCUT2D eigenvalue weighted by atomic mass is 19.3. The number of hydrogen-bond acceptors (Lipinski definition) is 4. The van der Waals surface area contributed by atoms with Gasteiger partial charge in [0.1, 0.15) is 11.4 Å². The van der Waals surface area contributed by atoms with Crippen LogP contribution in [0.4, 0.5) is 8.78 Å². The summed E-state index contributed by atoms with van der Waals surface area (Å²) >= 11 is 0. The first-order valence-corrected chi connectivity index (χ1v) is 5.54. The topological polar surface area (TPSA) is 72.3 Å². The van der Waals surface area contributed by atoms with E-state index in [0.717, 1.165) is 18.5 Å². The number of aromatic nitrogens is 2. The van der Waals surface area contributed by atoms with Gasteiger partial charge in [0.15, 0.2) is 0 Å². The molecular weight excluding hydrogens is 270 g/mol. The normalized spacial score (nSPS) is 10.6. The molecule has 0 atom stereocenters. The summed E-state index contributed by atoms with van der Waals surface area (Å²) in [5, 5.41) is 9.12. The van der Waals surface area contributed by atoms with Crippen LogP contribution in [-0.4, -0.2) is 28.2 Å². The highest BCUT2D eigenvalue weighted by molar-refractivity contribution is 5.96. The molecule has 2 heterocycles. The monoisotopic (exact) mass is 280 g/mol. The second-order valence-corrected chi connectivity index (χ2v) is 3.84. The van der Waals surface area contributed by atoms with Crippen LogP contribution in [0, 0.1) is 0 Å². The molecule has 2 aromatic rings. The zero-order chi connectivity index (χ0) is 14.7. The Morgan fingerprint density at radius 1 is 1.35 bits per heavy atom. The SMILES string of the molecule is COc1cnc(C(F)F)cc1-c1ccncc1C(=O)O. The standard InChI is InChI=1S/C13H10F2N2O3/c1-20-11-6-17-10(12(14)15)4-8(11)7-2-3-16-5-9(7)13(18)19/h2-6,12H,1H3,(H,18,19). The lowest BCUT2D eigenvalue weighted by Crippen LogP contribution is -2.02. The number of methoxy groups -OCH3 is 1. The zero-order valence-corrected chi connectivity index (χ0v) is 10.4. The molecule has 20 heavy (non-hydrogen) atoms. The number of halogens is 2. The number of carboxylic acid groups (broad SMARTS) is 1. The van der Waals surface area contributed by atoms with E-state index in [1.165, 1.54) is 19.4 Å². The fourth-order valence-electron chi connectivity index (χ4n) is 1.75. The maximum absolute atomic E-state index is 12.7. The highest BCUT2D eigenvalue weighted by Gasteiger charge is 2.18. The van der Waals surface area contributed by atoms with Gasteiger partial charge >= 0.3 is 5.97 Å². The third-order valence-corrected chi connectivity index (χ3v) is 2.67. The van der Waals surface area contributed by atoms with Crippen LogP contribution in [0.1, 0.15) is 22.5 Å². The Bertz CT molecular complexity index is 647. The van der Waals surface area contributed by atoms with Gasteiger partial charge in [-0.2, -0.15) is 0 Å². The average Bonchev–Trinajstić information content (AvgIpc) is 2.46. The smallest absolute Gasteiger partial charge is 0.337 e. The molecular formula is C13H10F2N2O3. The lowest BCUT2D eigenvalue weighted by molar-refractivity contribution is 0.0697. The minimum absolute atomic E-state index is 0.0998. The number of alkyl halides is 2. The largest absolute Gasteiger partial charge is 0.494 e. The Balaban J connectivity index is 2.67. The van der Waals surface area contributed by atoms with Gasteiger partial charge in [0.25, 0.3) is 6.43 Å². The molecule has 0 aliphatic carbocycles. The number of carbonyl (C=O) groups is 1. The first-order valence-electron chi connectivity index (χ1n) is 5.54. The maximum Gasteiger partial charge on any atom is 0.337 e. The second-order valence-electron chi connectivity index (χ2n) is 3.84. The van der Waals surface area contributed by atoms with Crippen LogP contribution >= 0.6 is 0 Å². The summed E-state index contributed by atoms with van der Waals surface area (Å²) in [6, 6.07) is 2.54. The quantitative estimate of drug-likeness (QED) is 0.932. The van der Waals surface area contributed by atoms with Crippen LogP contribution in [0.25, 0.3) is 11.1 Å². The first kappa shape index (κ1) is 13.9. The Hall–Kier alpha value is -2.57.